The van der Waals surface area contributed by atoms with Crippen molar-refractivity contribution in [2.75, 3.05) is 0 Å². The van der Waals surface area contributed by atoms with Crippen LogP contribution in [-0.4, -0.2) is 5.78 Å². The van der Waals surface area contributed by atoms with E-state index in [4.69, 9.17) is 11.6 Å². The Kier molecular flexibility index (Phi) is 3.22. The zero-order chi connectivity index (χ0) is 10.7. The maximum Gasteiger partial charge on any atom is 0.169 e. The molecule has 0 N–H and O–H groups in total. The van der Waals surface area contributed by atoms with Crippen molar-refractivity contribution in [2.24, 2.45) is 5.92 Å². The first-order chi connectivity index (χ1) is 7.27. The molecule has 0 saturated heterocycles. The molecule has 1 aromatic rings. The van der Waals surface area contributed by atoms with E-state index >= 15 is 0 Å². The highest BCUT2D eigenvalue weighted by molar-refractivity contribution is 6.30. The van der Waals surface area contributed by atoms with Crippen molar-refractivity contribution in [2.45, 2.75) is 19.3 Å². The van der Waals surface area contributed by atoms with E-state index in [1.54, 1.807) is 24.3 Å². The molecular formula is C13H13ClO. The fourth-order valence-electron chi connectivity index (χ4n) is 1.86. The smallest absolute Gasteiger partial charge is 0.169 e. The van der Waals surface area contributed by atoms with Crippen LogP contribution in [-0.2, 0) is 0 Å². The van der Waals surface area contributed by atoms with Crippen molar-refractivity contribution < 1.29 is 4.79 Å². The van der Waals surface area contributed by atoms with Crippen molar-refractivity contribution >= 4 is 17.4 Å². The van der Waals surface area contributed by atoms with E-state index in [1.165, 1.54) is 0 Å². The van der Waals surface area contributed by atoms with E-state index in [1.807, 2.05) is 6.08 Å². The lowest BCUT2D eigenvalue weighted by atomic mass is 9.89. The Hall–Kier alpha value is -1.08. The first-order valence-corrected chi connectivity index (χ1v) is 5.61. The van der Waals surface area contributed by atoms with Crippen LogP contribution in [0.1, 0.15) is 29.6 Å². The largest absolute Gasteiger partial charge is 0.294 e. The van der Waals surface area contributed by atoms with Gasteiger partial charge in [-0.15, -0.1) is 0 Å². The number of allylic oxidation sites excluding steroid dienone is 2. The highest BCUT2D eigenvalue weighted by Crippen LogP contribution is 2.22. The summed E-state index contributed by atoms with van der Waals surface area (Å²) in [7, 11) is 0. The molecule has 1 atom stereocenters. The Morgan fingerprint density at radius 1 is 1.27 bits per heavy atom. The van der Waals surface area contributed by atoms with Gasteiger partial charge in [-0.2, -0.15) is 0 Å². The molecule has 15 heavy (non-hydrogen) atoms. The molecule has 0 bridgehead atoms. The standard InChI is InChI=1S/C13H13ClO/c14-12-8-6-11(7-9-12)13(15)10-4-2-1-3-5-10/h2,4,6-10H,1,3,5H2. The predicted molar refractivity (Wildman–Crippen MR) is 62.3 cm³/mol. The van der Waals surface area contributed by atoms with Crippen molar-refractivity contribution in [3.8, 4) is 0 Å². The Morgan fingerprint density at radius 3 is 2.60 bits per heavy atom. The molecule has 0 spiro atoms. The van der Waals surface area contributed by atoms with Crippen LogP contribution < -0.4 is 0 Å². The monoisotopic (exact) mass is 220 g/mol. The van der Waals surface area contributed by atoms with E-state index in [0.717, 1.165) is 24.8 Å². The van der Waals surface area contributed by atoms with Gasteiger partial charge in [0.1, 0.15) is 0 Å². The summed E-state index contributed by atoms with van der Waals surface area (Å²) in [6, 6.07) is 7.13. The third-order valence-corrected chi connectivity index (χ3v) is 2.97. The van der Waals surface area contributed by atoms with Crippen LogP contribution in [0.4, 0.5) is 0 Å². The number of hydrogen-bond donors (Lipinski definition) is 0. The van der Waals surface area contributed by atoms with Gasteiger partial charge in [-0.25, -0.2) is 0 Å². The molecule has 0 amide bonds. The third-order valence-electron chi connectivity index (χ3n) is 2.72. The van der Waals surface area contributed by atoms with Gasteiger partial charge >= 0.3 is 0 Å². The average molecular weight is 221 g/mol. The second kappa shape index (κ2) is 4.63. The zero-order valence-corrected chi connectivity index (χ0v) is 9.20. The summed E-state index contributed by atoms with van der Waals surface area (Å²) in [5.74, 6) is 0.280. The van der Waals surface area contributed by atoms with Crippen LogP contribution >= 0.6 is 11.6 Å². The molecule has 0 aromatic heterocycles. The molecule has 0 fully saturated rings. The highest BCUT2D eigenvalue weighted by atomic mass is 35.5. The molecule has 0 aliphatic heterocycles. The first-order valence-electron chi connectivity index (χ1n) is 5.24. The zero-order valence-electron chi connectivity index (χ0n) is 8.45. The van der Waals surface area contributed by atoms with Gasteiger partial charge in [-0.3, -0.25) is 4.79 Å². The molecule has 0 heterocycles. The molecule has 2 heteroatoms. The van der Waals surface area contributed by atoms with E-state index in [2.05, 4.69) is 6.08 Å². The van der Waals surface area contributed by atoms with Gasteiger partial charge in [0.05, 0.1) is 0 Å². The van der Waals surface area contributed by atoms with Crippen LogP contribution in [0, 0.1) is 5.92 Å². The topological polar surface area (TPSA) is 17.1 Å². The van der Waals surface area contributed by atoms with Gasteiger partial charge < -0.3 is 0 Å². The lowest BCUT2D eigenvalue weighted by Gasteiger charge is -2.14. The van der Waals surface area contributed by atoms with Crippen LogP contribution in [0.25, 0.3) is 0 Å². The number of halogens is 1. The van der Waals surface area contributed by atoms with E-state index in [9.17, 15) is 4.79 Å². The summed E-state index contributed by atoms with van der Waals surface area (Å²) in [4.78, 5) is 12.0. The molecule has 1 aliphatic rings. The molecule has 1 unspecified atom stereocenters. The Bertz CT molecular complexity index is 378. The summed E-state index contributed by atoms with van der Waals surface area (Å²) in [5, 5.41) is 0.672. The van der Waals surface area contributed by atoms with Gasteiger partial charge in [-0.1, -0.05) is 23.8 Å². The number of hydrogen-bond acceptors (Lipinski definition) is 1. The summed E-state index contributed by atoms with van der Waals surface area (Å²) in [5.41, 5.74) is 0.760. The maximum absolute atomic E-state index is 12.0. The van der Waals surface area contributed by atoms with Crippen molar-refractivity contribution in [1.29, 1.82) is 0 Å². The summed E-state index contributed by atoms with van der Waals surface area (Å²) in [6.07, 6.45) is 7.31. The molecule has 1 aromatic carbocycles. The minimum absolute atomic E-state index is 0.0694. The highest BCUT2D eigenvalue weighted by Gasteiger charge is 2.18. The Labute approximate surface area is 94.8 Å². The van der Waals surface area contributed by atoms with Gasteiger partial charge in [0, 0.05) is 16.5 Å². The molecular weight excluding hydrogens is 208 g/mol. The van der Waals surface area contributed by atoms with E-state index < -0.39 is 0 Å². The van der Waals surface area contributed by atoms with Gasteiger partial charge in [0.15, 0.2) is 5.78 Å². The molecule has 0 saturated carbocycles. The minimum atomic E-state index is 0.0694. The molecule has 1 nitrogen and oxygen atoms in total. The molecule has 1 aliphatic carbocycles. The number of carbonyl (C=O) groups is 1. The number of benzene rings is 1. The van der Waals surface area contributed by atoms with Crippen molar-refractivity contribution in [3.05, 3.63) is 47.0 Å². The van der Waals surface area contributed by atoms with Crippen molar-refractivity contribution in [1.82, 2.24) is 0 Å². The average Bonchev–Trinajstić information content (AvgIpc) is 2.30. The van der Waals surface area contributed by atoms with Crippen LogP contribution in [0.2, 0.25) is 5.02 Å². The van der Waals surface area contributed by atoms with Crippen molar-refractivity contribution in [3.63, 3.8) is 0 Å². The second-order valence-electron chi connectivity index (χ2n) is 3.84. The lowest BCUT2D eigenvalue weighted by Crippen LogP contribution is -2.14. The maximum atomic E-state index is 12.0. The number of rotatable bonds is 2. The number of Topliss-reactive ketones (excluding diaryl/α,β-unsaturated/α-hetero) is 1. The molecule has 2 rings (SSSR count). The summed E-state index contributed by atoms with van der Waals surface area (Å²) >= 11 is 5.78. The number of carbonyl (C=O) groups excluding carboxylic acids is 1. The third kappa shape index (κ3) is 2.48. The molecule has 0 radical (unpaired) electrons. The minimum Gasteiger partial charge on any atom is -0.294 e. The fourth-order valence-corrected chi connectivity index (χ4v) is 1.99. The SMILES string of the molecule is O=C(c1ccc(Cl)cc1)C1C=CCCC1. The van der Waals surface area contributed by atoms with Gasteiger partial charge in [0.25, 0.3) is 0 Å². The second-order valence-corrected chi connectivity index (χ2v) is 4.27. The summed E-state index contributed by atoms with van der Waals surface area (Å²) in [6.45, 7) is 0. The van der Waals surface area contributed by atoms with E-state index in [0.29, 0.717) is 5.02 Å². The van der Waals surface area contributed by atoms with E-state index in [-0.39, 0.29) is 11.7 Å². The number of ketones is 1. The Morgan fingerprint density at radius 2 is 2.00 bits per heavy atom. The Balaban J connectivity index is 2.16. The predicted octanol–water partition coefficient (Wildman–Crippen LogP) is 3.88. The van der Waals surface area contributed by atoms with Gasteiger partial charge in [-0.05, 0) is 43.5 Å². The quantitative estimate of drug-likeness (QED) is 0.546. The first kappa shape index (κ1) is 10.4. The fraction of sp³-hybridized carbons (Fsp3) is 0.308. The summed E-state index contributed by atoms with van der Waals surface area (Å²) < 4.78 is 0. The van der Waals surface area contributed by atoms with Crippen LogP contribution in [0.5, 0.6) is 0 Å². The molecule has 78 valence electrons. The lowest BCUT2D eigenvalue weighted by molar-refractivity contribution is 0.0937. The van der Waals surface area contributed by atoms with Crippen LogP contribution in [0.15, 0.2) is 36.4 Å². The van der Waals surface area contributed by atoms with Gasteiger partial charge in [0.2, 0.25) is 0 Å². The van der Waals surface area contributed by atoms with Crippen LogP contribution in [0.3, 0.4) is 0 Å². The normalized spacial score (nSPS) is 20.2.